The molecule has 60 heavy (non-hydrogen) atoms. The summed E-state index contributed by atoms with van der Waals surface area (Å²) in [5.74, 6) is 0. The first kappa shape index (κ1) is 34.0. The molecule has 0 saturated carbocycles. The summed E-state index contributed by atoms with van der Waals surface area (Å²) in [6.07, 6.45) is 0. The summed E-state index contributed by atoms with van der Waals surface area (Å²) in [6.45, 7) is 0. The van der Waals surface area contributed by atoms with Crippen molar-refractivity contribution in [2.75, 3.05) is 4.90 Å². The van der Waals surface area contributed by atoms with Crippen molar-refractivity contribution < 1.29 is 4.42 Å². The number of nitrogens with zero attached hydrogens (tertiary/aromatic N) is 3. The van der Waals surface area contributed by atoms with Crippen LogP contribution in [0.15, 0.2) is 217 Å². The van der Waals surface area contributed by atoms with Gasteiger partial charge in [0.15, 0.2) is 5.58 Å². The van der Waals surface area contributed by atoms with Gasteiger partial charge in [-0.15, -0.1) is 0 Å². The molecule has 0 radical (unpaired) electrons. The van der Waals surface area contributed by atoms with E-state index in [0.29, 0.717) is 0 Å². The topological polar surface area (TPSA) is 42.2 Å². The molecule has 2 heterocycles. The monoisotopic (exact) mass is 765 g/mol. The number of benzene rings is 10. The van der Waals surface area contributed by atoms with Gasteiger partial charge < -0.3 is 9.32 Å². The maximum atomic E-state index is 6.88. The molecule has 0 amide bonds. The average Bonchev–Trinajstić information content (AvgIpc) is 3.72. The normalized spacial score (nSPS) is 11.7. The van der Waals surface area contributed by atoms with Gasteiger partial charge in [-0.3, -0.25) is 0 Å². The minimum atomic E-state index is 0.841. The second kappa shape index (κ2) is 13.8. The van der Waals surface area contributed by atoms with E-state index in [2.05, 4.69) is 199 Å². The number of para-hydroxylation sites is 2. The van der Waals surface area contributed by atoms with E-state index in [4.69, 9.17) is 14.4 Å². The number of aromatic nitrogens is 2. The van der Waals surface area contributed by atoms with E-state index >= 15 is 0 Å². The summed E-state index contributed by atoms with van der Waals surface area (Å²) in [5.41, 5.74) is 12.6. The second-order valence-electron chi connectivity index (χ2n) is 15.3. The molecule has 4 nitrogen and oxygen atoms in total. The van der Waals surface area contributed by atoms with Crippen molar-refractivity contribution in [1.29, 1.82) is 0 Å². The van der Waals surface area contributed by atoms with Crippen LogP contribution >= 0.6 is 0 Å². The third-order valence-electron chi connectivity index (χ3n) is 11.8. The highest BCUT2D eigenvalue weighted by Gasteiger charge is 2.23. The maximum Gasteiger partial charge on any atom is 0.160 e. The van der Waals surface area contributed by atoms with Gasteiger partial charge in [0, 0.05) is 38.7 Å². The molecule has 2 aromatic heterocycles. The van der Waals surface area contributed by atoms with E-state index in [1.807, 2.05) is 18.2 Å². The Morgan fingerprint density at radius 3 is 1.83 bits per heavy atom. The molecule has 0 unspecified atom stereocenters. The van der Waals surface area contributed by atoms with Gasteiger partial charge in [-0.1, -0.05) is 164 Å². The van der Waals surface area contributed by atoms with E-state index in [-0.39, 0.29) is 0 Å². The molecule has 0 aliphatic heterocycles. The Bertz CT molecular complexity index is 3600. The van der Waals surface area contributed by atoms with Gasteiger partial charge in [-0.2, -0.15) is 0 Å². The van der Waals surface area contributed by atoms with Crippen LogP contribution in [-0.4, -0.2) is 9.97 Å². The smallest absolute Gasteiger partial charge is 0.160 e. The van der Waals surface area contributed by atoms with Crippen LogP contribution in [0, 0.1) is 0 Å². The Labute approximate surface area is 346 Å². The van der Waals surface area contributed by atoms with Gasteiger partial charge in [0.05, 0.1) is 28.1 Å². The van der Waals surface area contributed by atoms with E-state index in [1.165, 1.54) is 10.8 Å². The van der Waals surface area contributed by atoms with Crippen LogP contribution in [0.1, 0.15) is 0 Å². The SMILES string of the molecule is c1ccc(-c2nc3ccc4ccc5cc(-c6ccc(N(c7ccccc7)c7ccc8ccccc8c7)c7oc8ccccc8c67)ccc5c4c3nc2-c2ccccc2)cc1. The highest BCUT2D eigenvalue weighted by Crippen LogP contribution is 2.47. The Hall–Kier alpha value is -8.08. The molecule has 0 spiro atoms. The second-order valence-corrected chi connectivity index (χ2v) is 15.3. The first-order valence-corrected chi connectivity index (χ1v) is 20.3. The third kappa shape index (κ3) is 5.53. The summed E-state index contributed by atoms with van der Waals surface area (Å²) in [5, 5.41) is 9.06. The van der Waals surface area contributed by atoms with Gasteiger partial charge in [0.25, 0.3) is 0 Å². The number of rotatable bonds is 6. The van der Waals surface area contributed by atoms with E-state index < -0.39 is 0 Å². The molecule has 12 aromatic rings. The zero-order valence-electron chi connectivity index (χ0n) is 32.5. The van der Waals surface area contributed by atoms with Gasteiger partial charge in [-0.05, 0) is 86.6 Å². The number of fused-ring (bicyclic) bond motifs is 9. The van der Waals surface area contributed by atoms with Crippen molar-refractivity contribution in [3.05, 3.63) is 212 Å². The number of furan rings is 1. The quantitative estimate of drug-likeness (QED) is 0.158. The molecule has 10 aromatic carbocycles. The van der Waals surface area contributed by atoms with E-state index in [9.17, 15) is 0 Å². The summed E-state index contributed by atoms with van der Waals surface area (Å²) in [7, 11) is 0. The van der Waals surface area contributed by atoms with Crippen LogP contribution in [0.4, 0.5) is 17.1 Å². The van der Waals surface area contributed by atoms with E-state index in [0.717, 1.165) is 105 Å². The molecule has 0 aliphatic carbocycles. The first-order chi connectivity index (χ1) is 29.7. The fourth-order valence-electron chi connectivity index (χ4n) is 8.98. The lowest BCUT2D eigenvalue weighted by molar-refractivity contribution is 0.669. The van der Waals surface area contributed by atoms with Crippen LogP contribution in [0.5, 0.6) is 0 Å². The first-order valence-electron chi connectivity index (χ1n) is 20.3. The minimum Gasteiger partial charge on any atom is -0.454 e. The molecular weight excluding hydrogens is 731 g/mol. The predicted octanol–water partition coefficient (Wildman–Crippen LogP) is 15.5. The van der Waals surface area contributed by atoms with Crippen molar-refractivity contribution in [2.24, 2.45) is 0 Å². The number of hydrogen-bond acceptors (Lipinski definition) is 4. The lowest BCUT2D eigenvalue weighted by atomic mass is 9.94. The van der Waals surface area contributed by atoms with Crippen molar-refractivity contribution in [1.82, 2.24) is 9.97 Å². The van der Waals surface area contributed by atoms with Crippen molar-refractivity contribution in [3.63, 3.8) is 0 Å². The van der Waals surface area contributed by atoms with Crippen molar-refractivity contribution in [3.8, 4) is 33.6 Å². The fraction of sp³-hybridized carbons (Fsp3) is 0. The molecule has 0 atom stereocenters. The predicted molar refractivity (Wildman–Crippen MR) is 250 cm³/mol. The number of hydrogen-bond donors (Lipinski definition) is 0. The zero-order chi connectivity index (χ0) is 39.6. The molecule has 4 heteroatoms. The van der Waals surface area contributed by atoms with Crippen molar-refractivity contribution in [2.45, 2.75) is 0 Å². The highest BCUT2D eigenvalue weighted by atomic mass is 16.3. The molecule has 0 saturated heterocycles. The van der Waals surface area contributed by atoms with Crippen LogP contribution in [0.25, 0.3) is 98.9 Å². The van der Waals surface area contributed by atoms with Gasteiger partial charge >= 0.3 is 0 Å². The number of anilines is 3. The molecular formula is C56H35N3O. The van der Waals surface area contributed by atoms with Crippen LogP contribution in [0.2, 0.25) is 0 Å². The Balaban J connectivity index is 1.06. The Morgan fingerprint density at radius 2 is 1.03 bits per heavy atom. The molecule has 12 rings (SSSR count). The summed E-state index contributed by atoms with van der Waals surface area (Å²) in [6, 6.07) is 74.9. The molecule has 0 fully saturated rings. The Kier molecular flexibility index (Phi) is 7.82. The third-order valence-corrected chi connectivity index (χ3v) is 11.8. The summed E-state index contributed by atoms with van der Waals surface area (Å²) < 4.78 is 6.88. The minimum absolute atomic E-state index is 0.841. The van der Waals surface area contributed by atoms with Crippen molar-refractivity contribution >= 4 is 82.4 Å². The van der Waals surface area contributed by atoms with Crippen LogP contribution in [-0.2, 0) is 0 Å². The zero-order valence-corrected chi connectivity index (χ0v) is 32.5. The fourth-order valence-corrected chi connectivity index (χ4v) is 8.98. The largest absolute Gasteiger partial charge is 0.454 e. The highest BCUT2D eigenvalue weighted by molar-refractivity contribution is 6.21. The molecule has 0 bridgehead atoms. The summed E-state index contributed by atoms with van der Waals surface area (Å²) >= 11 is 0. The van der Waals surface area contributed by atoms with Crippen LogP contribution < -0.4 is 4.90 Å². The lowest BCUT2D eigenvalue weighted by Gasteiger charge is -2.26. The Morgan fingerprint density at radius 1 is 0.383 bits per heavy atom. The van der Waals surface area contributed by atoms with Gasteiger partial charge in [-0.25, -0.2) is 9.97 Å². The van der Waals surface area contributed by atoms with Gasteiger partial charge in [0.1, 0.15) is 5.58 Å². The molecule has 0 aliphatic rings. The summed E-state index contributed by atoms with van der Waals surface area (Å²) in [4.78, 5) is 13.1. The average molecular weight is 766 g/mol. The van der Waals surface area contributed by atoms with Crippen LogP contribution in [0.3, 0.4) is 0 Å². The van der Waals surface area contributed by atoms with E-state index in [1.54, 1.807) is 0 Å². The lowest BCUT2D eigenvalue weighted by Crippen LogP contribution is -2.10. The molecule has 0 N–H and O–H groups in total. The standard InChI is InChI=1S/C56H35N3O/c1-4-15-38(16-5-1)53-54(39-17-6-2-7-18-39)58-55-48(57-53)32-28-37-24-25-41-34-42(27-30-45(41)51(37)55)46-31-33-49(56-52(46)47-22-12-13-23-50(47)60-56)59(43-20-8-3-9-21-43)44-29-26-36-14-10-11-19-40(36)35-44/h1-35H. The van der Waals surface area contributed by atoms with Gasteiger partial charge in [0.2, 0.25) is 0 Å². The maximum absolute atomic E-state index is 6.88. The molecule has 280 valence electrons.